The normalized spacial score (nSPS) is 20.7. The van der Waals surface area contributed by atoms with Crippen LogP contribution in [-0.2, 0) is 31.6 Å². The third-order valence-electron chi connectivity index (χ3n) is 6.09. The first kappa shape index (κ1) is 17.7. The van der Waals surface area contributed by atoms with Crippen LogP contribution in [0.3, 0.4) is 0 Å². The highest BCUT2D eigenvalue weighted by molar-refractivity contribution is 7.98. The number of thioether (sulfide) groups is 1. The molecule has 0 aromatic carbocycles. The van der Waals surface area contributed by atoms with E-state index in [-0.39, 0.29) is 11.6 Å². The van der Waals surface area contributed by atoms with E-state index in [4.69, 9.17) is 4.98 Å². The minimum Gasteiger partial charge on any atom is -0.351 e. The minimum atomic E-state index is -0.0180. The lowest BCUT2D eigenvalue weighted by atomic mass is 10.1. The lowest BCUT2D eigenvalue weighted by Gasteiger charge is -2.27. The summed E-state index contributed by atoms with van der Waals surface area (Å²) in [6.07, 6.45) is 6.10. The Balaban J connectivity index is 1.46. The van der Waals surface area contributed by atoms with Crippen LogP contribution in [0.4, 0.5) is 5.82 Å². The van der Waals surface area contributed by atoms with Gasteiger partial charge < -0.3 is 4.90 Å². The van der Waals surface area contributed by atoms with E-state index in [9.17, 15) is 10.1 Å². The summed E-state index contributed by atoms with van der Waals surface area (Å²) in [6.45, 7) is 1.43. The Hall–Kier alpha value is -2.33. The maximum atomic E-state index is 12.6. The summed E-state index contributed by atoms with van der Waals surface area (Å²) < 4.78 is 1.64. The number of hydrogen-bond acceptors (Lipinski definition) is 6. The first-order valence-corrected chi connectivity index (χ1v) is 11.3. The molecule has 1 atom stereocenters. The lowest BCUT2D eigenvalue weighted by Crippen LogP contribution is -2.38. The van der Waals surface area contributed by atoms with Crippen LogP contribution < -0.4 is 10.5 Å². The van der Waals surface area contributed by atoms with Gasteiger partial charge in [-0.1, -0.05) is 0 Å². The van der Waals surface area contributed by atoms with Gasteiger partial charge in [-0.05, 0) is 55.1 Å². The lowest BCUT2D eigenvalue weighted by molar-refractivity contribution is 0.479. The molecule has 0 spiro atoms. The van der Waals surface area contributed by atoms with E-state index in [1.807, 2.05) is 17.8 Å². The van der Waals surface area contributed by atoms with Crippen molar-refractivity contribution in [2.24, 2.45) is 0 Å². The van der Waals surface area contributed by atoms with E-state index in [2.05, 4.69) is 16.1 Å². The fourth-order valence-corrected chi connectivity index (χ4v) is 5.60. The molecule has 1 aliphatic carbocycles. The fraction of sp³-hybridized carbons (Fsp3) is 0.524. The first-order chi connectivity index (χ1) is 13.7. The fourth-order valence-electron chi connectivity index (χ4n) is 4.65. The quantitative estimate of drug-likeness (QED) is 0.797. The summed E-state index contributed by atoms with van der Waals surface area (Å²) in [5.74, 6) is 2.75. The summed E-state index contributed by atoms with van der Waals surface area (Å²) in [5, 5.41) is 14.4. The largest absolute Gasteiger partial charge is 0.351 e. The molecule has 28 heavy (non-hydrogen) atoms. The molecule has 0 saturated carbocycles. The number of aromatic nitrogens is 3. The topological polar surface area (TPSA) is 74.8 Å². The molecule has 7 heteroatoms. The van der Waals surface area contributed by atoms with E-state index >= 15 is 0 Å². The second-order valence-corrected chi connectivity index (χ2v) is 8.96. The molecule has 4 heterocycles. The van der Waals surface area contributed by atoms with Gasteiger partial charge in [-0.15, -0.1) is 0 Å². The zero-order valence-corrected chi connectivity index (χ0v) is 16.7. The van der Waals surface area contributed by atoms with Crippen LogP contribution in [0.5, 0.6) is 0 Å². The molecule has 2 aromatic heterocycles. The number of pyridine rings is 1. The van der Waals surface area contributed by atoms with Crippen LogP contribution in [0.25, 0.3) is 0 Å². The molecule has 2 aromatic rings. The second kappa shape index (κ2) is 7.25. The highest BCUT2D eigenvalue weighted by atomic mass is 32.2. The molecule has 0 radical (unpaired) electrons. The highest BCUT2D eigenvalue weighted by Gasteiger charge is 2.30. The van der Waals surface area contributed by atoms with Crippen molar-refractivity contribution in [3.05, 3.63) is 50.6 Å². The zero-order chi connectivity index (χ0) is 19.1. The number of anilines is 1. The van der Waals surface area contributed by atoms with Crippen LogP contribution in [0.2, 0.25) is 0 Å². The van der Waals surface area contributed by atoms with Crippen molar-refractivity contribution < 1.29 is 0 Å². The Bertz CT molecular complexity index is 1020. The van der Waals surface area contributed by atoms with Crippen molar-refractivity contribution in [3.8, 4) is 6.07 Å². The van der Waals surface area contributed by atoms with Gasteiger partial charge in [-0.25, -0.2) is 9.67 Å². The number of nitriles is 1. The second-order valence-electron chi connectivity index (χ2n) is 7.86. The molecule has 1 saturated heterocycles. The smallest absolute Gasteiger partial charge is 0.267 e. The van der Waals surface area contributed by atoms with E-state index < -0.39 is 0 Å². The summed E-state index contributed by atoms with van der Waals surface area (Å²) in [5.41, 5.74) is 5.16. The molecule has 1 fully saturated rings. The average molecular weight is 394 g/mol. The Labute approximate surface area is 168 Å². The first-order valence-electron chi connectivity index (χ1n) is 10.1. The van der Waals surface area contributed by atoms with Crippen molar-refractivity contribution >= 4 is 17.6 Å². The van der Waals surface area contributed by atoms with E-state index in [1.165, 1.54) is 5.56 Å². The summed E-state index contributed by atoms with van der Waals surface area (Å²) in [4.78, 5) is 19.7. The Morgan fingerprint density at radius 2 is 2.11 bits per heavy atom. The maximum absolute atomic E-state index is 12.6. The van der Waals surface area contributed by atoms with Gasteiger partial charge in [0.1, 0.15) is 11.9 Å². The number of aryl methyl sites for hydroxylation is 3. The molecular weight excluding hydrogens is 370 g/mol. The molecule has 6 nitrogen and oxygen atoms in total. The van der Waals surface area contributed by atoms with E-state index in [0.717, 1.165) is 79.3 Å². The van der Waals surface area contributed by atoms with Crippen molar-refractivity contribution in [2.45, 2.75) is 56.9 Å². The average Bonchev–Trinajstić information content (AvgIpc) is 3.36. The SMILES string of the molecule is N#Cc1cc2c(nc1N1CCCC1Cn1nc3c(cc1=O)CSCC3)CCC2. The van der Waals surface area contributed by atoms with Gasteiger partial charge in [-0.3, -0.25) is 4.79 Å². The molecule has 0 N–H and O–H groups in total. The molecule has 5 rings (SSSR count). The van der Waals surface area contributed by atoms with Gasteiger partial charge in [0, 0.05) is 30.5 Å². The van der Waals surface area contributed by atoms with E-state index in [1.54, 1.807) is 10.7 Å². The Morgan fingerprint density at radius 1 is 1.18 bits per heavy atom. The van der Waals surface area contributed by atoms with Gasteiger partial charge in [-0.2, -0.15) is 22.1 Å². The monoisotopic (exact) mass is 393 g/mol. The number of fused-ring (bicyclic) bond motifs is 2. The molecule has 0 bridgehead atoms. The number of hydrogen-bond donors (Lipinski definition) is 0. The van der Waals surface area contributed by atoms with Gasteiger partial charge in [0.15, 0.2) is 0 Å². The third kappa shape index (κ3) is 3.10. The molecule has 1 unspecified atom stereocenters. The maximum Gasteiger partial charge on any atom is 0.267 e. The third-order valence-corrected chi connectivity index (χ3v) is 7.10. The van der Waals surface area contributed by atoms with E-state index in [0.29, 0.717) is 12.1 Å². The standard InChI is InChI=1S/C21H23N5OS/c22-11-15-9-14-3-1-5-18(14)23-21(15)25-7-2-4-17(25)12-26-20(27)10-16-13-28-8-6-19(16)24-26/h9-10,17H,1-8,12-13H2. The van der Waals surface area contributed by atoms with Crippen LogP contribution >= 0.6 is 11.8 Å². The Kier molecular flexibility index (Phi) is 4.59. The van der Waals surface area contributed by atoms with Crippen molar-refractivity contribution in [1.29, 1.82) is 5.26 Å². The molecule has 0 amide bonds. The number of rotatable bonds is 3. The highest BCUT2D eigenvalue weighted by Crippen LogP contribution is 2.31. The van der Waals surface area contributed by atoms with Crippen LogP contribution in [0.1, 0.15) is 47.3 Å². The van der Waals surface area contributed by atoms with Gasteiger partial charge in [0.25, 0.3) is 5.56 Å². The predicted molar refractivity (Wildman–Crippen MR) is 110 cm³/mol. The molecule has 2 aliphatic heterocycles. The minimum absolute atomic E-state index is 0.0180. The van der Waals surface area contributed by atoms with Crippen LogP contribution in [0.15, 0.2) is 16.9 Å². The van der Waals surface area contributed by atoms with Crippen molar-refractivity contribution in [3.63, 3.8) is 0 Å². The van der Waals surface area contributed by atoms with Crippen LogP contribution in [0, 0.1) is 11.3 Å². The molecule has 144 valence electrons. The summed E-state index contributed by atoms with van der Waals surface area (Å²) in [6, 6.07) is 6.30. The zero-order valence-electron chi connectivity index (χ0n) is 15.9. The van der Waals surface area contributed by atoms with Crippen LogP contribution in [-0.4, -0.2) is 33.1 Å². The Morgan fingerprint density at radius 3 is 3.00 bits per heavy atom. The van der Waals surface area contributed by atoms with Crippen molar-refractivity contribution in [1.82, 2.24) is 14.8 Å². The number of nitrogens with zero attached hydrogens (tertiary/aromatic N) is 5. The molecular formula is C21H23N5OS. The van der Waals surface area contributed by atoms with Gasteiger partial charge in [0.05, 0.1) is 23.8 Å². The van der Waals surface area contributed by atoms with Gasteiger partial charge >= 0.3 is 0 Å². The van der Waals surface area contributed by atoms with Crippen molar-refractivity contribution in [2.75, 3.05) is 17.2 Å². The summed E-state index contributed by atoms with van der Waals surface area (Å²) >= 11 is 1.86. The van der Waals surface area contributed by atoms with Gasteiger partial charge in [0.2, 0.25) is 0 Å². The predicted octanol–water partition coefficient (Wildman–Crippen LogP) is 2.46. The summed E-state index contributed by atoms with van der Waals surface area (Å²) in [7, 11) is 0. The molecule has 3 aliphatic rings.